The normalized spacial score (nSPS) is 14.2. The van der Waals surface area contributed by atoms with Crippen LogP contribution in [0.3, 0.4) is 0 Å². The molecule has 34 heavy (non-hydrogen) atoms. The highest BCUT2D eigenvalue weighted by atomic mass is 19.4. The third kappa shape index (κ3) is 4.64. The lowest BCUT2D eigenvalue weighted by atomic mass is 9.74. The average Bonchev–Trinajstić information content (AvgIpc) is 2.81. The fourth-order valence-electron chi connectivity index (χ4n) is 4.51. The molecular formula is C28H26F3NO2. The van der Waals surface area contributed by atoms with E-state index < -0.39 is 30.2 Å². The molecule has 1 N–H and O–H groups in total. The highest BCUT2D eigenvalue weighted by molar-refractivity contribution is 5.78. The van der Waals surface area contributed by atoms with Gasteiger partial charge in [0.2, 0.25) is 0 Å². The lowest BCUT2D eigenvalue weighted by Crippen LogP contribution is -2.52. The van der Waals surface area contributed by atoms with Crippen LogP contribution in [0.15, 0.2) is 95.9 Å². The van der Waals surface area contributed by atoms with E-state index in [-0.39, 0.29) is 5.43 Å². The molecule has 3 nitrogen and oxygen atoms in total. The molecule has 6 heteroatoms. The Morgan fingerprint density at radius 1 is 0.824 bits per heavy atom. The molecule has 0 aliphatic rings. The quantitative estimate of drug-likeness (QED) is 0.362. The molecule has 0 saturated heterocycles. The molecule has 0 aliphatic heterocycles. The second kappa shape index (κ2) is 8.76. The Labute approximate surface area is 196 Å². The Hall–Kier alpha value is -3.38. The van der Waals surface area contributed by atoms with Crippen molar-refractivity contribution in [1.82, 2.24) is 4.57 Å². The first-order valence-electron chi connectivity index (χ1n) is 11.0. The minimum Gasteiger partial charge on any atom is -0.379 e. The maximum absolute atomic E-state index is 14.3. The number of aromatic nitrogens is 1. The molecule has 0 spiro atoms. The van der Waals surface area contributed by atoms with Crippen molar-refractivity contribution in [2.24, 2.45) is 0 Å². The molecule has 0 aliphatic carbocycles. The minimum atomic E-state index is -4.88. The highest BCUT2D eigenvalue weighted by Crippen LogP contribution is 2.43. The first-order chi connectivity index (χ1) is 16.0. The SMILES string of the molecule is CC(C)(CC(O)(Cn1ccc(=O)c2ccccc21)C(F)(F)F)c1cccc(-c2ccccc2)c1. The van der Waals surface area contributed by atoms with Gasteiger partial charge in [-0.2, -0.15) is 13.2 Å². The monoisotopic (exact) mass is 465 g/mol. The summed E-state index contributed by atoms with van der Waals surface area (Å²) in [6, 6.07) is 24.7. The smallest absolute Gasteiger partial charge is 0.379 e. The largest absolute Gasteiger partial charge is 0.418 e. The summed E-state index contributed by atoms with van der Waals surface area (Å²) in [5, 5.41) is 11.4. The summed E-state index contributed by atoms with van der Waals surface area (Å²) in [5.41, 5.74) is -1.39. The van der Waals surface area contributed by atoms with Gasteiger partial charge in [0.05, 0.1) is 12.1 Å². The number of hydrogen-bond acceptors (Lipinski definition) is 2. The van der Waals surface area contributed by atoms with Crippen LogP contribution in [-0.4, -0.2) is 21.5 Å². The van der Waals surface area contributed by atoms with Crippen LogP contribution in [0.1, 0.15) is 25.8 Å². The van der Waals surface area contributed by atoms with Crippen molar-refractivity contribution in [3.05, 3.63) is 107 Å². The van der Waals surface area contributed by atoms with E-state index in [4.69, 9.17) is 0 Å². The van der Waals surface area contributed by atoms with Crippen LogP contribution in [-0.2, 0) is 12.0 Å². The number of alkyl halides is 3. The zero-order chi connectivity index (χ0) is 24.6. The summed E-state index contributed by atoms with van der Waals surface area (Å²) in [6.45, 7) is 2.69. The fraction of sp³-hybridized carbons (Fsp3) is 0.250. The van der Waals surface area contributed by atoms with E-state index in [9.17, 15) is 23.1 Å². The topological polar surface area (TPSA) is 42.2 Å². The van der Waals surface area contributed by atoms with Crippen molar-refractivity contribution >= 4 is 10.9 Å². The van der Waals surface area contributed by atoms with Crippen molar-refractivity contribution in [1.29, 1.82) is 0 Å². The maximum Gasteiger partial charge on any atom is 0.418 e. The first-order valence-corrected chi connectivity index (χ1v) is 11.0. The van der Waals surface area contributed by atoms with Crippen LogP contribution in [0.5, 0.6) is 0 Å². The fourth-order valence-corrected chi connectivity index (χ4v) is 4.51. The average molecular weight is 466 g/mol. The van der Waals surface area contributed by atoms with Crippen LogP contribution in [0.4, 0.5) is 13.2 Å². The van der Waals surface area contributed by atoms with Gasteiger partial charge in [-0.15, -0.1) is 0 Å². The minimum absolute atomic E-state index is 0.277. The molecule has 1 atom stereocenters. The summed E-state index contributed by atoms with van der Waals surface area (Å²) in [6.07, 6.45) is -4.13. The van der Waals surface area contributed by atoms with Gasteiger partial charge in [-0.25, -0.2) is 0 Å². The zero-order valence-electron chi connectivity index (χ0n) is 19.0. The number of hydrogen-bond donors (Lipinski definition) is 1. The second-order valence-corrected chi connectivity index (χ2v) is 9.36. The summed E-state index contributed by atoms with van der Waals surface area (Å²) in [4.78, 5) is 12.2. The highest BCUT2D eigenvalue weighted by Gasteiger charge is 2.56. The molecular weight excluding hydrogens is 439 g/mol. The molecule has 0 bridgehead atoms. The van der Waals surface area contributed by atoms with Crippen molar-refractivity contribution in [3.8, 4) is 11.1 Å². The Kier molecular flexibility index (Phi) is 6.13. The number of halogens is 3. The molecule has 1 aromatic heterocycles. The van der Waals surface area contributed by atoms with Crippen LogP contribution in [0.2, 0.25) is 0 Å². The molecule has 4 aromatic rings. The van der Waals surface area contributed by atoms with Gasteiger partial charge >= 0.3 is 6.18 Å². The van der Waals surface area contributed by atoms with E-state index >= 15 is 0 Å². The van der Waals surface area contributed by atoms with E-state index in [1.165, 1.54) is 16.8 Å². The lowest BCUT2D eigenvalue weighted by Gasteiger charge is -2.38. The predicted molar refractivity (Wildman–Crippen MR) is 129 cm³/mol. The Morgan fingerprint density at radius 3 is 2.18 bits per heavy atom. The van der Waals surface area contributed by atoms with E-state index in [1.807, 2.05) is 48.5 Å². The molecule has 0 fully saturated rings. The number of nitrogens with zero attached hydrogens (tertiary/aromatic N) is 1. The van der Waals surface area contributed by atoms with Crippen molar-refractivity contribution in [3.63, 3.8) is 0 Å². The van der Waals surface area contributed by atoms with Gasteiger partial charge in [-0.3, -0.25) is 4.79 Å². The molecule has 1 unspecified atom stereocenters. The standard InChI is InChI=1S/C28H26F3NO2/c1-26(2,22-12-8-11-21(17-22)20-9-4-3-5-10-20)18-27(34,28(29,30)31)19-32-16-15-25(33)23-13-6-7-14-24(23)32/h3-17,34H,18-19H2,1-2H3. The summed E-state index contributed by atoms with van der Waals surface area (Å²) >= 11 is 0. The molecule has 4 rings (SSSR count). The Morgan fingerprint density at radius 2 is 1.47 bits per heavy atom. The Balaban J connectivity index is 1.72. The van der Waals surface area contributed by atoms with E-state index in [2.05, 4.69) is 0 Å². The number of pyridine rings is 1. The summed E-state index contributed by atoms with van der Waals surface area (Å²) in [5.74, 6) is 0. The Bertz CT molecular complexity index is 1360. The molecule has 176 valence electrons. The molecule has 0 amide bonds. The number of aliphatic hydroxyl groups is 1. The third-order valence-corrected chi connectivity index (χ3v) is 6.33. The van der Waals surface area contributed by atoms with Crippen molar-refractivity contribution in [2.45, 2.75) is 44.0 Å². The molecule has 1 heterocycles. The van der Waals surface area contributed by atoms with Gasteiger partial charge in [-0.05, 0) is 40.7 Å². The van der Waals surface area contributed by atoms with Gasteiger partial charge in [0.1, 0.15) is 0 Å². The molecule has 0 saturated carbocycles. The van der Waals surface area contributed by atoms with Crippen molar-refractivity contribution < 1.29 is 18.3 Å². The summed E-state index contributed by atoms with van der Waals surface area (Å²) in [7, 11) is 0. The van der Waals surface area contributed by atoms with Gasteiger partial charge in [0.25, 0.3) is 0 Å². The first kappa shape index (κ1) is 23.8. The molecule has 0 radical (unpaired) electrons. The lowest BCUT2D eigenvalue weighted by molar-refractivity contribution is -0.271. The summed E-state index contributed by atoms with van der Waals surface area (Å²) < 4.78 is 44.3. The number of benzene rings is 3. The van der Waals surface area contributed by atoms with E-state index in [0.29, 0.717) is 16.5 Å². The predicted octanol–water partition coefficient (Wildman–Crippen LogP) is 6.33. The van der Waals surface area contributed by atoms with E-state index in [0.717, 1.165) is 11.1 Å². The van der Waals surface area contributed by atoms with E-state index in [1.54, 1.807) is 44.2 Å². The van der Waals surface area contributed by atoms with Crippen LogP contribution in [0, 0.1) is 0 Å². The number of para-hydroxylation sites is 1. The zero-order valence-corrected chi connectivity index (χ0v) is 19.0. The van der Waals surface area contributed by atoms with Gasteiger partial charge in [0.15, 0.2) is 11.0 Å². The van der Waals surface area contributed by atoms with Crippen LogP contribution < -0.4 is 5.43 Å². The van der Waals surface area contributed by atoms with Crippen LogP contribution in [0.25, 0.3) is 22.0 Å². The van der Waals surface area contributed by atoms with Gasteiger partial charge in [-0.1, -0.05) is 80.6 Å². The third-order valence-electron chi connectivity index (χ3n) is 6.33. The van der Waals surface area contributed by atoms with Crippen molar-refractivity contribution in [2.75, 3.05) is 0 Å². The number of fused-ring (bicyclic) bond motifs is 1. The number of rotatable bonds is 6. The molecule has 3 aromatic carbocycles. The maximum atomic E-state index is 14.3. The second-order valence-electron chi connectivity index (χ2n) is 9.36. The van der Waals surface area contributed by atoms with Gasteiger partial charge in [0, 0.05) is 17.6 Å². The van der Waals surface area contributed by atoms with Gasteiger partial charge < -0.3 is 9.67 Å². The van der Waals surface area contributed by atoms with Crippen LogP contribution >= 0.6 is 0 Å².